The zero-order valence-electron chi connectivity index (χ0n) is 15.9. The van der Waals surface area contributed by atoms with Crippen LogP contribution in [0.15, 0.2) is 54.2 Å². The van der Waals surface area contributed by atoms with E-state index in [1.807, 2.05) is 34.5 Å². The third-order valence-corrected chi connectivity index (χ3v) is 5.88. The second-order valence-electron chi connectivity index (χ2n) is 7.05. The normalized spacial score (nSPS) is 16.8. The summed E-state index contributed by atoms with van der Waals surface area (Å²) in [6, 6.07) is 12.0. The highest BCUT2D eigenvalue weighted by atomic mass is 32.1. The van der Waals surface area contributed by atoms with Crippen LogP contribution in [0.3, 0.4) is 0 Å². The molecule has 3 aromatic rings. The van der Waals surface area contributed by atoms with Crippen molar-refractivity contribution in [2.45, 2.75) is 32.2 Å². The Morgan fingerprint density at radius 2 is 2.11 bits per heavy atom. The topological polar surface area (TPSA) is 55.3 Å². The number of carbonyl (C=O) groups is 1. The fourth-order valence-corrected chi connectivity index (χ4v) is 4.21. The number of piperidine rings is 1. The summed E-state index contributed by atoms with van der Waals surface area (Å²) < 4.78 is 5.87. The number of carbonyl (C=O) groups excluding carboxylic acids is 1. The SMILES string of the molecule is Cc1ccc(-c2nc(C(=O)N3CCCCC3COc3cccnc3)cs2)cc1. The third kappa shape index (κ3) is 4.22. The number of nitrogens with zero attached hydrogens (tertiary/aromatic N) is 3. The largest absolute Gasteiger partial charge is 0.490 e. The first-order valence-electron chi connectivity index (χ1n) is 9.57. The number of hydrogen-bond donors (Lipinski definition) is 0. The van der Waals surface area contributed by atoms with Crippen molar-refractivity contribution in [1.29, 1.82) is 0 Å². The van der Waals surface area contributed by atoms with E-state index in [9.17, 15) is 4.79 Å². The minimum Gasteiger partial charge on any atom is -0.490 e. The van der Waals surface area contributed by atoms with E-state index in [4.69, 9.17) is 4.74 Å². The van der Waals surface area contributed by atoms with Crippen LogP contribution in [0.5, 0.6) is 5.75 Å². The van der Waals surface area contributed by atoms with Gasteiger partial charge >= 0.3 is 0 Å². The van der Waals surface area contributed by atoms with Crippen LogP contribution in [0.1, 0.15) is 35.3 Å². The van der Waals surface area contributed by atoms with Crippen LogP contribution in [0.2, 0.25) is 0 Å². The zero-order valence-corrected chi connectivity index (χ0v) is 16.7. The Balaban J connectivity index is 1.46. The monoisotopic (exact) mass is 393 g/mol. The number of hydrogen-bond acceptors (Lipinski definition) is 5. The van der Waals surface area contributed by atoms with E-state index >= 15 is 0 Å². The van der Waals surface area contributed by atoms with E-state index in [2.05, 4.69) is 29.0 Å². The van der Waals surface area contributed by atoms with Gasteiger partial charge in [0.15, 0.2) is 0 Å². The number of benzene rings is 1. The number of likely N-dealkylation sites (tertiary alicyclic amines) is 1. The van der Waals surface area contributed by atoms with Crippen molar-refractivity contribution in [2.75, 3.05) is 13.2 Å². The van der Waals surface area contributed by atoms with Gasteiger partial charge < -0.3 is 9.64 Å². The highest BCUT2D eigenvalue weighted by molar-refractivity contribution is 7.13. The first-order valence-corrected chi connectivity index (χ1v) is 10.4. The smallest absolute Gasteiger partial charge is 0.273 e. The molecule has 1 atom stereocenters. The summed E-state index contributed by atoms with van der Waals surface area (Å²) in [5, 5.41) is 2.74. The minimum atomic E-state index is -0.00546. The maximum absolute atomic E-state index is 13.1. The summed E-state index contributed by atoms with van der Waals surface area (Å²) in [7, 11) is 0. The first-order chi connectivity index (χ1) is 13.7. The zero-order chi connectivity index (χ0) is 19.3. The lowest BCUT2D eigenvalue weighted by Gasteiger charge is -2.35. The van der Waals surface area contributed by atoms with Crippen molar-refractivity contribution in [3.63, 3.8) is 0 Å². The third-order valence-electron chi connectivity index (χ3n) is 4.99. The van der Waals surface area contributed by atoms with Crippen molar-refractivity contribution in [1.82, 2.24) is 14.9 Å². The summed E-state index contributed by atoms with van der Waals surface area (Å²) in [6.45, 7) is 3.29. The van der Waals surface area contributed by atoms with Gasteiger partial charge in [-0.2, -0.15) is 0 Å². The van der Waals surface area contributed by atoms with E-state index < -0.39 is 0 Å². The van der Waals surface area contributed by atoms with E-state index in [0.717, 1.165) is 42.1 Å². The van der Waals surface area contributed by atoms with Gasteiger partial charge in [-0.05, 0) is 38.3 Å². The van der Waals surface area contributed by atoms with E-state index in [-0.39, 0.29) is 11.9 Å². The number of aryl methyl sites for hydroxylation is 1. The standard InChI is InChI=1S/C22H23N3O2S/c1-16-7-9-17(10-8-16)21-24-20(15-28-21)22(26)25-12-3-2-5-18(25)14-27-19-6-4-11-23-13-19/h4,6-11,13,15,18H,2-3,5,12,14H2,1H3. The summed E-state index contributed by atoms with van der Waals surface area (Å²) in [4.78, 5) is 23.7. The molecule has 0 saturated carbocycles. The molecule has 0 spiro atoms. The molecule has 0 radical (unpaired) electrons. The highest BCUT2D eigenvalue weighted by Gasteiger charge is 2.29. The molecule has 1 aliphatic heterocycles. The fraction of sp³-hybridized carbons (Fsp3) is 0.318. The first kappa shape index (κ1) is 18.6. The Kier molecular flexibility index (Phi) is 5.67. The molecular formula is C22H23N3O2S. The van der Waals surface area contributed by atoms with Gasteiger partial charge in [-0.25, -0.2) is 4.98 Å². The number of rotatable bonds is 5. The fourth-order valence-electron chi connectivity index (χ4n) is 3.41. The number of ether oxygens (including phenoxy) is 1. The average molecular weight is 394 g/mol. The molecular weight excluding hydrogens is 370 g/mol. The molecule has 28 heavy (non-hydrogen) atoms. The molecule has 3 heterocycles. The van der Waals surface area contributed by atoms with Gasteiger partial charge in [0.2, 0.25) is 0 Å². The Hall–Kier alpha value is -2.73. The molecule has 1 saturated heterocycles. The number of thiazole rings is 1. The van der Waals surface area contributed by atoms with Crippen molar-refractivity contribution in [2.24, 2.45) is 0 Å². The predicted octanol–water partition coefficient (Wildman–Crippen LogP) is 4.59. The van der Waals surface area contributed by atoms with Crippen molar-refractivity contribution >= 4 is 17.2 Å². The second kappa shape index (κ2) is 8.52. The molecule has 6 heteroatoms. The van der Waals surface area contributed by atoms with Crippen molar-refractivity contribution < 1.29 is 9.53 Å². The van der Waals surface area contributed by atoms with E-state index in [1.165, 1.54) is 16.9 Å². The summed E-state index contributed by atoms with van der Waals surface area (Å²) in [5.41, 5.74) is 2.78. The lowest BCUT2D eigenvalue weighted by atomic mass is 10.0. The van der Waals surface area contributed by atoms with Gasteiger partial charge in [-0.1, -0.05) is 29.8 Å². The number of amides is 1. The van der Waals surface area contributed by atoms with Crippen LogP contribution in [0.25, 0.3) is 10.6 Å². The van der Waals surface area contributed by atoms with Gasteiger partial charge in [0.25, 0.3) is 5.91 Å². The van der Waals surface area contributed by atoms with Crippen LogP contribution < -0.4 is 4.74 Å². The Morgan fingerprint density at radius 1 is 1.25 bits per heavy atom. The lowest BCUT2D eigenvalue weighted by Crippen LogP contribution is -2.46. The molecule has 1 aromatic carbocycles. The van der Waals surface area contributed by atoms with Gasteiger partial charge in [0.05, 0.1) is 12.2 Å². The molecule has 0 aliphatic carbocycles. The van der Waals surface area contributed by atoms with E-state index in [1.54, 1.807) is 12.4 Å². The molecule has 0 N–H and O–H groups in total. The van der Waals surface area contributed by atoms with Crippen LogP contribution in [-0.4, -0.2) is 40.0 Å². The molecule has 1 aliphatic rings. The molecule has 1 amide bonds. The lowest BCUT2D eigenvalue weighted by molar-refractivity contribution is 0.0523. The van der Waals surface area contributed by atoms with Gasteiger partial charge in [-0.15, -0.1) is 11.3 Å². The number of aromatic nitrogens is 2. The Morgan fingerprint density at radius 3 is 2.89 bits per heavy atom. The molecule has 0 bridgehead atoms. The Bertz CT molecular complexity index is 924. The predicted molar refractivity (Wildman–Crippen MR) is 111 cm³/mol. The minimum absolute atomic E-state index is 0.00546. The Labute approximate surface area is 169 Å². The highest BCUT2D eigenvalue weighted by Crippen LogP contribution is 2.26. The maximum atomic E-state index is 13.1. The van der Waals surface area contributed by atoms with Crippen LogP contribution in [0.4, 0.5) is 0 Å². The van der Waals surface area contributed by atoms with Crippen LogP contribution >= 0.6 is 11.3 Å². The summed E-state index contributed by atoms with van der Waals surface area (Å²) >= 11 is 1.51. The van der Waals surface area contributed by atoms with Gasteiger partial charge in [-0.3, -0.25) is 9.78 Å². The summed E-state index contributed by atoms with van der Waals surface area (Å²) in [5.74, 6) is 0.727. The van der Waals surface area contributed by atoms with Gasteiger partial charge in [0.1, 0.15) is 23.1 Å². The summed E-state index contributed by atoms with van der Waals surface area (Å²) in [6.07, 6.45) is 6.49. The van der Waals surface area contributed by atoms with E-state index in [0.29, 0.717) is 12.3 Å². The molecule has 1 fully saturated rings. The molecule has 4 rings (SSSR count). The van der Waals surface area contributed by atoms with Crippen LogP contribution in [0, 0.1) is 6.92 Å². The number of pyridine rings is 1. The van der Waals surface area contributed by atoms with Crippen molar-refractivity contribution in [3.05, 3.63) is 65.4 Å². The molecule has 5 nitrogen and oxygen atoms in total. The van der Waals surface area contributed by atoms with Gasteiger partial charge in [0, 0.05) is 23.7 Å². The quantitative estimate of drug-likeness (QED) is 0.636. The maximum Gasteiger partial charge on any atom is 0.273 e. The average Bonchev–Trinajstić information content (AvgIpc) is 3.23. The van der Waals surface area contributed by atoms with Crippen molar-refractivity contribution in [3.8, 4) is 16.3 Å². The molecule has 1 unspecified atom stereocenters. The second-order valence-corrected chi connectivity index (χ2v) is 7.91. The molecule has 2 aromatic heterocycles. The molecule has 144 valence electrons. The van der Waals surface area contributed by atoms with Crippen LogP contribution in [-0.2, 0) is 0 Å².